The predicted octanol–water partition coefficient (Wildman–Crippen LogP) is 3.20. The van der Waals surface area contributed by atoms with E-state index in [1.165, 1.54) is 30.3 Å². The Morgan fingerprint density at radius 1 is 1.15 bits per heavy atom. The minimum atomic E-state index is -0.815. The number of primary amides is 1. The quantitative estimate of drug-likeness (QED) is 0.692. The van der Waals surface area contributed by atoms with Crippen LogP contribution < -0.4 is 5.73 Å². The summed E-state index contributed by atoms with van der Waals surface area (Å²) in [5.41, 5.74) is 6.64. The zero-order valence-corrected chi connectivity index (χ0v) is 14.6. The summed E-state index contributed by atoms with van der Waals surface area (Å²) >= 11 is 0. The molecule has 138 valence electrons. The Bertz CT molecular complexity index is 998. The molecule has 0 saturated heterocycles. The van der Waals surface area contributed by atoms with Crippen molar-refractivity contribution >= 4 is 11.9 Å². The molecule has 1 amide bonds. The second-order valence-corrected chi connectivity index (χ2v) is 5.91. The molecule has 2 N–H and O–H groups in total. The van der Waals surface area contributed by atoms with Gasteiger partial charge in [-0.3, -0.25) is 4.79 Å². The molecule has 1 aromatic heterocycles. The lowest BCUT2D eigenvalue weighted by Gasteiger charge is -2.09. The standard InChI is InChI=1S/C19H16FN3O4/c1-10-3-4-14(9-15(10)20)17-22-18(27-23-17)11(2)26-19(25)13-7-5-12(6-8-13)16(21)24/h3-9,11H,1-2H3,(H2,21,24)/t11-/m1/s1. The first-order valence-electron chi connectivity index (χ1n) is 8.06. The van der Waals surface area contributed by atoms with E-state index in [4.69, 9.17) is 15.0 Å². The van der Waals surface area contributed by atoms with E-state index < -0.39 is 18.0 Å². The van der Waals surface area contributed by atoms with Gasteiger partial charge in [0.2, 0.25) is 11.7 Å². The number of hydrogen-bond acceptors (Lipinski definition) is 6. The molecule has 3 aromatic rings. The van der Waals surface area contributed by atoms with Gasteiger partial charge in [-0.2, -0.15) is 4.98 Å². The minimum Gasteiger partial charge on any atom is -0.449 e. The lowest BCUT2D eigenvalue weighted by atomic mass is 10.1. The molecule has 1 heterocycles. The van der Waals surface area contributed by atoms with Crippen molar-refractivity contribution < 1.29 is 23.2 Å². The van der Waals surface area contributed by atoms with Gasteiger partial charge in [0.1, 0.15) is 5.82 Å². The Kier molecular flexibility index (Phi) is 4.98. The Labute approximate surface area is 153 Å². The van der Waals surface area contributed by atoms with Gasteiger partial charge >= 0.3 is 5.97 Å². The van der Waals surface area contributed by atoms with Crippen molar-refractivity contribution in [3.63, 3.8) is 0 Å². The van der Waals surface area contributed by atoms with Gasteiger partial charge in [0.25, 0.3) is 5.89 Å². The molecular weight excluding hydrogens is 353 g/mol. The zero-order chi connectivity index (χ0) is 19.6. The largest absolute Gasteiger partial charge is 0.449 e. The van der Waals surface area contributed by atoms with Crippen LogP contribution in [-0.2, 0) is 4.74 Å². The minimum absolute atomic E-state index is 0.0769. The first-order chi connectivity index (χ1) is 12.8. The molecule has 1 atom stereocenters. The number of ether oxygens (including phenoxy) is 1. The summed E-state index contributed by atoms with van der Waals surface area (Å²) in [5.74, 6) is -1.32. The Morgan fingerprint density at radius 3 is 2.44 bits per heavy atom. The number of carbonyl (C=O) groups is 2. The number of nitrogens with two attached hydrogens (primary N) is 1. The normalized spacial score (nSPS) is 11.8. The molecule has 7 nitrogen and oxygen atoms in total. The molecule has 0 aliphatic heterocycles. The molecule has 0 aliphatic carbocycles. The number of hydrogen-bond donors (Lipinski definition) is 1. The number of aromatic nitrogens is 2. The smallest absolute Gasteiger partial charge is 0.338 e. The van der Waals surface area contributed by atoms with Crippen LogP contribution in [0, 0.1) is 12.7 Å². The second kappa shape index (κ2) is 7.36. The van der Waals surface area contributed by atoms with E-state index in [0.717, 1.165) is 0 Å². The average Bonchev–Trinajstić information content (AvgIpc) is 3.14. The number of amides is 1. The first kappa shape index (κ1) is 18.2. The Morgan fingerprint density at radius 2 is 1.81 bits per heavy atom. The fourth-order valence-electron chi connectivity index (χ4n) is 2.30. The van der Waals surface area contributed by atoms with E-state index in [0.29, 0.717) is 11.1 Å². The van der Waals surface area contributed by atoms with Crippen LogP contribution in [0.4, 0.5) is 4.39 Å². The second-order valence-electron chi connectivity index (χ2n) is 5.91. The maximum atomic E-state index is 13.7. The van der Waals surface area contributed by atoms with E-state index in [1.54, 1.807) is 26.0 Å². The summed E-state index contributed by atoms with van der Waals surface area (Å²) in [6.07, 6.45) is -0.815. The number of esters is 1. The van der Waals surface area contributed by atoms with Gasteiger partial charge in [0.15, 0.2) is 6.10 Å². The van der Waals surface area contributed by atoms with Crippen LogP contribution in [0.15, 0.2) is 47.0 Å². The van der Waals surface area contributed by atoms with Gasteiger partial charge in [-0.25, -0.2) is 9.18 Å². The average molecular weight is 369 g/mol. The van der Waals surface area contributed by atoms with E-state index in [2.05, 4.69) is 10.1 Å². The summed E-state index contributed by atoms with van der Waals surface area (Å²) in [5, 5.41) is 3.79. The molecule has 2 aromatic carbocycles. The molecule has 8 heteroatoms. The topological polar surface area (TPSA) is 108 Å². The van der Waals surface area contributed by atoms with Crippen molar-refractivity contribution in [1.82, 2.24) is 10.1 Å². The highest BCUT2D eigenvalue weighted by Gasteiger charge is 2.20. The fourth-order valence-corrected chi connectivity index (χ4v) is 2.30. The first-order valence-corrected chi connectivity index (χ1v) is 8.06. The molecule has 27 heavy (non-hydrogen) atoms. The lowest BCUT2D eigenvalue weighted by molar-refractivity contribution is 0.0265. The highest BCUT2D eigenvalue weighted by atomic mass is 19.1. The lowest BCUT2D eigenvalue weighted by Crippen LogP contribution is -2.12. The number of rotatable bonds is 5. The van der Waals surface area contributed by atoms with Gasteiger partial charge in [0, 0.05) is 11.1 Å². The van der Waals surface area contributed by atoms with E-state index in [1.807, 2.05) is 0 Å². The van der Waals surface area contributed by atoms with Gasteiger partial charge in [0.05, 0.1) is 5.56 Å². The van der Waals surface area contributed by atoms with Crippen molar-refractivity contribution in [1.29, 1.82) is 0 Å². The maximum absolute atomic E-state index is 13.7. The van der Waals surface area contributed by atoms with Gasteiger partial charge in [-0.1, -0.05) is 17.3 Å². The third-order valence-electron chi connectivity index (χ3n) is 3.91. The van der Waals surface area contributed by atoms with Gasteiger partial charge < -0.3 is 15.0 Å². The monoisotopic (exact) mass is 369 g/mol. The number of carbonyl (C=O) groups excluding carboxylic acids is 2. The molecule has 0 unspecified atom stereocenters. The van der Waals surface area contributed by atoms with Crippen LogP contribution in [-0.4, -0.2) is 22.0 Å². The molecule has 0 fully saturated rings. The predicted molar refractivity (Wildman–Crippen MR) is 93.2 cm³/mol. The highest BCUT2D eigenvalue weighted by molar-refractivity contribution is 5.95. The SMILES string of the molecule is Cc1ccc(-c2noc([C@@H](C)OC(=O)c3ccc(C(N)=O)cc3)n2)cc1F. The summed E-state index contributed by atoms with van der Waals surface area (Å²) in [6.45, 7) is 3.22. The van der Waals surface area contributed by atoms with Crippen LogP contribution in [0.25, 0.3) is 11.4 Å². The summed E-state index contributed by atoms with van der Waals surface area (Å²) in [7, 11) is 0. The number of nitrogens with zero attached hydrogens (tertiary/aromatic N) is 2. The van der Waals surface area contributed by atoms with Crippen LogP contribution in [0.2, 0.25) is 0 Å². The molecule has 0 saturated carbocycles. The highest BCUT2D eigenvalue weighted by Crippen LogP contribution is 2.23. The molecular formula is C19H16FN3O4. The van der Waals surface area contributed by atoms with Crippen molar-refractivity contribution in [2.24, 2.45) is 5.73 Å². The van der Waals surface area contributed by atoms with Gasteiger partial charge in [-0.15, -0.1) is 0 Å². The molecule has 0 bridgehead atoms. The van der Waals surface area contributed by atoms with Crippen LogP contribution >= 0.6 is 0 Å². The zero-order valence-electron chi connectivity index (χ0n) is 14.6. The summed E-state index contributed by atoms with van der Waals surface area (Å²) in [6, 6.07) is 10.3. The van der Waals surface area contributed by atoms with Crippen molar-refractivity contribution in [2.75, 3.05) is 0 Å². The Balaban J connectivity index is 1.71. The van der Waals surface area contributed by atoms with Crippen LogP contribution in [0.5, 0.6) is 0 Å². The summed E-state index contributed by atoms with van der Waals surface area (Å²) < 4.78 is 24.1. The third-order valence-corrected chi connectivity index (χ3v) is 3.91. The number of aryl methyl sites for hydroxylation is 1. The number of halogens is 1. The van der Waals surface area contributed by atoms with Crippen LogP contribution in [0.1, 0.15) is 45.2 Å². The Hall–Kier alpha value is -3.55. The van der Waals surface area contributed by atoms with Crippen molar-refractivity contribution in [3.05, 3.63) is 70.9 Å². The third kappa shape index (κ3) is 4.00. The van der Waals surface area contributed by atoms with Crippen molar-refractivity contribution in [2.45, 2.75) is 20.0 Å². The van der Waals surface area contributed by atoms with E-state index in [-0.39, 0.29) is 28.7 Å². The molecule has 0 radical (unpaired) electrons. The van der Waals surface area contributed by atoms with Gasteiger partial charge in [-0.05, 0) is 49.7 Å². The van der Waals surface area contributed by atoms with Crippen molar-refractivity contribution in [3.8, 4) is 11.4 Å². The molecule has 3 rings (SSSR count). The van der Waals surface area contributed by atoms with Crippen LogP contribution in [0.3, 0.4) is 0 Å². The molecule has 0 spiro atoms. The fraction of sp³-hybridized carbons (Fsp3) is 0.158. The maximum Gasteiger partial charge on any atom is 0.338 e. The molecule has 0 aliphatic rings. The summed E-state index contributed by atoms with van der Waals surface area (Å²) in [4.78, 5) is 27.4. The number of benzene rings is 2. The van der Waals surface area contributed by atoms with E-state index >= 15 is 0 Å². The van der Waals surface area contributed by atoms with E-state index in [9.17, 15) is 14.0 Å².